The number of piperazine rings is 1. The highest BCUT2D eigenvalue weighted by Crippen LogP contribution is 2.27. The number of hydrogen-bond donors (Lipinski definition) is 1. The summed E-state index contributed by atoms with van der Waals surface area (Å²) in [5.41, 5.74) is 1.97. The third kappa shape index (κ3) is 2.98. The van der Waals surface area contributed by atoms with Crippen LogP contribution in [0.3, 0.4) is 0 Å². The third-order valence-electron chi connectivity index (χ3n) is 3.73. The molecule has 1 unspecified atom stereocenters. The van der Waals surface area contributed by atoms with Gasteiger partial charge in [0.1, 0.15) is 0 Å². The number of amides is 1. The minimum Gasteiger partial charge on any atom is -0.333 e. The van der Waals surface area contributed by atoms with Gasteiger partial charge in [0, 0.05) is 31.2 Å². The van der Waals surface area contributed by atoms with E-state index in [9.17, 15) is 4.79 Å². The molecule has 0 aliphatic carbocycles. The molecule has 1 aromatic carbocycles. The Morgan fingerprint density at radius 1 is 1.32 bits per heavy atom. The van der Waals surface area contributed by atoms with E-state index in [4.69, 9.17) is 0 Å². The standard InChI is InChI=1S/C16H24N2O/c1-12-11-17-9-10-18(12)15(19)13-7-5-6-8-14(13)16(2,3)4/h5-8,12,17H,9-11H2,1-4H3. The van der Waals surface area contributed by atoms with E-state index >= 15 is 0 Å². The quantitative estimate of drug-likeness (QED) is 0.841. The van der Waals surface area contributed by atoms with E-state index in [1.165, 1.54) is 0 Å². The zero-order chi connectivity index (χ0) is 14.0. The SMILES string of the molecule is CC1CNCCN1C(=O)c1ccccc1C(C)(C)C. The van der Waals surface area contributed by atoms with Gasteiger partial charge in [0.05, 0.1) is 0 Å². The van der Waals surface area contributed by atoms with Gasteiger partial charge in [0.15, 0.2) is 0 Å². The van der Waals surface area contributed by atoms with E-state index in [2.05, 4.69) is 39.1 Å². The molecule has 0 saturated carbocycles. The molecule has 1 atom stereocenters. The zero-order valence-electron chi connectivity index (χ0n) is 12.4. The molecule has 19 heavy (non-hydrogen) atoms. The number of hydrogen-bond acceptors (Lipinski definition) is 2. The van der Waals surface area contributed by atoms with Crippen molar-refractivity contribution in [3.63, 3.8) is 0 Å². The Balaban J connectivity index is 2.33. The van der Waals surface area contributed by atoms with Gasteiger partial charge in [-0.3, -0.25) is 4.79 Å². The minimum absolute atomic E-state index is 0.0104. The Bertz CT molecular complexity index is 462. The van der Waals surface area contributed by atoms with E-state index in [1.54, 1.807) is 0 Å². The first-order valence-corrected chi connectivity index (χ1v) is 7.02. The first kappa shape index (κ1) is 14.1. The Labute approximate surface area is 116 Å². The van der Waals surface area contributed by atoms with Crippen molar-refractivity contribution >= 4 is 5.91 Å². The number of carbonyl (C=O) groups is 1. The molecule has 0 bridgehead atoms. The lowest BCUT2D eigenvalue weighted by atomic mass is 9.83. The normalized spacial score (nSPS) is 20.4. The zero-order valence-corrected chi connectivity index (χ0v) is 12.4. The predicted octanol–water partition coefficient (Wildman–Crippen LogP) is 2.42. The van der Waals surface area contributed by atoms with Crippen LogP contribution in [-0.4, -0.2) is 36.5 Å². The Kier molecular flexibility index (Phi) is 3.95. The first-order chi connectivity index (χ1) is 8.91. The fraction of sp³-hybridized carbons (Fsp3) is 0.562. The van der Waals surface area contributed by atoms with Gasteiger partial charge in [-0.15, -0.1) is 0 Å². The highest BCUT2D eigenvalue weighted by molar-refractivity contribution is 5.96. The van der Waals surface area contributed by atoms with E-state index in [0.29, 0.717) is 0 Å². The van der Waals surface area contributed by atoms with Gasteiger partial charge in [0.2, 0.25) is 0 Å². The molecule has 1 aliphatic rings. The molecule has 1 heterocycles. The summed E-state index contributed by atoms with van der Waals surface area (Å²) in [6, 6.07) is 8.25. The van der Waals surface area contributed by atoms with Crippen molar-refractivity contribution in [2.75, 3.05) is 19.6 Å². The van der Waals surface area contributed by atoms with Crippen LogP contribution < -0.4 is 5.32 Å². The third-order valence-corrected chi connectivity index (χ3v) is 3.73. The second-order valence-corrected chi connectivity index (χ2v) is 6.35. The largest absolute Gasteiger partial charge is 0.333 e. The molecule has 0 spiro atoms. The van der Waals surface area contributed by atoms with Crippen molar-refractivity contribution in [3.8, 4) is 0 Å². The maximum absolute atomic E-state index is 12.8. The number of nitrogens with zero attached hydrogens (tertiary/aromatic N) is 1. The van der Waals surface area contributed by atoms with E-state index in [-0.39, 0.29) is 17.4 Å². The van der Waals surface area contributed by atoms with Crippen molar-refractivity contribution in [1.82, 2.24) is 10.2 Å². The van der Waals surface area contributed by atoms with Crippen molar-refractivity contribution in [1.29, 1.82) is 0 Å². The van der Waals surface area contributed by atoms with Crippen LogP contribution >= 0.6 is 0 Å². The highest BCUT2D eigenvalue weighted by Gasteiger charge is 2.28. The number of benzene rings is 1. The molecule has 3 heteroatoms. The molecule has 0 aromatic heterocycles. The summed E-state index contributed by atoms with van der Waals surface area (Å²) in [5.74, 6) is 0.166. The van der Waals surface area contributed by atoms with Gasteiger partial charge in [-0.2, -0.15) is 0 Å². The Morgan fingerprint density at radius 3 is 2.63 bits per heavy atom. The van der Waals surface area contributed by atoms with Gasteiger partial charge in [-0.25, -0.2) is 0 Å². The lowest BCUT2D eigenvalue weighted by Gasteiger charge is -2.35. The van der Waals surface area contributed by atoms with Crippen molar-refractivity contribution in [2.24, 2.45) is 0 Å². The van der Waals surface area contributed by atoms with Gasteiger partial charge < -0.3 is 10.2 Å². The molecule has 1 aliphatic heterocycles. The summed E-state index contributed by atoms with van der Waals surface area (Å²) in [4.78, 5) is 14.8. The molecule has 1 saturated heterocycles. The minimum atomic E-state index is -0.0104. The molecule has 1 fully saturated rings. The topological polar surface area (TPSA) is 32.3 Å². The summed E-state index contributed by atoms with van der Waals surface area (Å²) >= 11 is 0. The molecule has 0 radical (unpaired) electrons. The number of carbonyl (C=O) groups excluding carboxylic acids is 1. The van der Waals surface area contributed by atoms with Gasteiger partial charge in [0.25, 0.3) is 5.91 Å². The van der Waals surface area contributed by atoms with Crippen LogP contribution in [0, 0.1) is 0 Å². The smallest absolute Gasteiger partial charge is 0.254 e. The maximum Gasteiger partial charge on any atom is 0.254 e. The summed E-state index contributed by atoms with van der Waals surface area (Å²) in [6.07, 6.45) is 0. The van der Waals surface area contributed by atoms with E-state index < -0.39 is 0 Å². The molecule has 1 aromatic rings. The number of nitrogens with one attached hydrogen (secondary N) is 1. The summed E-state index contributed by atoms with van der Waals surface area (Å²) in [6.45, 7) is 11.1. The first-order valence-electron chi connectivity index (χ1n) is 7.02. The Morgan fingerprint density at radius 2 is 2.00 bits per heavy atom. The van der Waals surface area contributed by atoms with Crippen LogP contribution in [0.15, 0.2) is 24.3 Å². The molecule has 104 valence electrons. The molecule has 3 nitrogen and oxygen atoms in total. The van der Waals surface area contributed by atoms with Crippen LogP contribution in [0.25, 0.3) is 0 Å². The lowest BCUT2D eigenvalue weighted by molar-refractivity contribution is 0.0653. The Hall–Kier alpha value is -1.35. The highest BCUT2D eigenvalue weighted by atomic mass is 16.2. The monoisotopic (exact) mass is 260 g/mol. The second-order valence-electron chi connectivity index (χ2n) is 6.35. The molecule has 2 rings (SSSR count). The fourth-order valence-electron chi connectivity index (χ4n) is 2.62. The second kappa shape index (κ2) is 5.33. The van der Waals surface area contributed by atoms with Crippen LogP contribution in [0.2, 0.25) is 0 Å². The van der Waals surface area contributed by atoms with Gasteiger partial charge in [-0.05, 0) is 24.0 Å². The van der Waals surface area contributed by atoms with Gasteiger partial charge in [-0.1, -0.05) is 39.0 Å². The molecular formula is C16H24N2O. The predicted molar refractivity (Wildman–Crippen MR) is 78.5 cm³/mol. The van der Waals surface area contributed by atoms with Crippen LogP contribution in [0.4, 0.5) is 0 Å². The fourth-order valence-corrected chi connectivity index (χ4v) is 2.62. The van der Waals surface area contributed by atoms with Crippen molar-refractivity contribution in [2.45, 2.75) is 39.2 Å². The maximum atomic E-state index is 12.8. The molecule has 1 N–H and O–H groups in total. The lowest BCUT2D eigenvalue weighted by Crippen LogP contribution is -2.52. The summed E-state index contributed by atoms with van der Waals surface area (Å²) < 4.78 is 0. The van der Waals surface area contributed by atoms with Crippen LogP contribution in [0.5, 0.6) is 0 Å². The molecule has 1 amide bonds. The van der Waals surface area contributed by atoms with E-state index in [1.807, 2.05) is 23.1 Å². The van der Waals surface area contributed by atoms with Crippen LogP contribution in [0.1, 0.15) is 43.6 Å². The summed E-state index contributed by atoms with van der Waals surface area (Å²) in [7, 11) is 0. The van der Waals surface area contributed by atoms with E-state index in [0.717, 1.165) is 30.8 Å². The van der Waals surface area contributed by atoms with Gasteiger partial charge >= 0.3 is 0 Å². The molecular weight excluding hydrogens is 236 g/mol. The average molecular weight is 260 g/mol. The number of rotatable bonds is 1. The van der Waals surface area contributed by atoms with Crippen molar-refractivity contribution in [3.05, 3.63) is 35.4 Å². The van der Waals surface area contributed by atoms with Crippen molar-refractivity contribution < 1.29 is 4.79 Å². The summed E-state index contributed by atoms with van der Waals surface area (Å²) in [5, 5.41) is 3.32. The van der Waals surface area contributed by atoms with Crippen LogP contribution in [-0.2, 0) is 5.41 Å². The average Bonchev–Trinajstić information content (AvgIpc) is 2.37.